The Bertz CT molecular complexity index is 1180. The summed E-state index contributed by atoms with van der Waals surface area (Å²) in [5.74, 6) is 0.670. The third-order valence-corrected chi connectivity index (χ3v) is 5.55. The van der Waals surface area contributed by atoms with Crippen molar-refractivity contribution in [1.82, 2.24) is 19.4 Å². The molecule has 2 aromatic carbocycles. The van der Waals surface area contributed by atoms with Crippen molar-refractivity contribution in [1.29, 1.82) is 0 Å². The summed E-state index contributed by atoms with van der Waals surface area (Å²) in [6.45, 7) is 3.10. The SMILES string of the molecule is COc1ccc(-n2c(=S)[nH]c3cc(C(=O)N4CCN(C)CC4)ccc3c2=O)cc1. The van der Waals surface area contributed by atoms with Crippen LogP contribution in [0.25, 0.3) is 16.6 Å². The summed E-state index contributed by atoms with van der Waals surface area (Å²) in [6, 6.07) is 12.2. The summed E-state index contributed by atoms with van der Waals surface area (Å²) in [7, 11) is 3.64. The van der Waals surface area contributed by atoms with Crippen molar-refractivity contribution in [2.24, 2.45) is 0 Å². The Hall–Kier alpha value is -2.97. The fraction of sp³-hybridized carbons (Fsp3) is 0.286. The van der Waals surface area contributed by atoms with Gasteiger partial charge < -0.3 is 19.5 Å². The molecule has 0 saturated carbocycles. The highest BCUT2D eigenvalue weighted by atomic mass is 32.1. The second-order valence-corrected chi connectivity index (χ2v) is 7.51. The van der Waals surface area contributed by atoms with Crippen LogP contribution in [-0.4, -0.2) is 65.6 Å². The quantitative estimate of drug-likeness (QED) is 0.672. The van der Waals surface area contributed by atoms with E-state index in [4.69, 9.17) is 17.0 Å². The maximum Gasteiger partial charge on any atom is 0.266 e. The van der Waals surface area contributed by atoms with E-state index < -0.39 is 0 Å². The van der Waals surface area contributed by atoms with Gasteiger partial charge in [0.15, 0.2) is 4.77 Å². The van der Waals surface area contributed by atoms with Crippen LogP contribution in [-0.2, 0) is 0 Å². The average molecular weight is 410 g/mol. The first-order valence-corrected chi connectivity index (χ1v) is 9.80. The minimum absolute atomic E-state index is 0.0290. The smallest absolute Gasteiger partial charge is 0.266 e. The Morgan fingerprint density at radius 1 is 1.07 bits per heavy atom. The maximum absolute atomic E-state index is 13.1. The Kier molecular flexibility index (Phi) is 5.21. The number of piperazine rings is 1. The van der Waals surface area contributed by atoms with Crippen LogP contribution in [0.2, 0.25) is 0 Å². The number of aromatic nitrogens is 2. The molecule has 1 fully saturated rings. The second kappa shape index (κ2) is 7.81. The van der Waals surface area contributed by atoms with Crippen molar-refractivity contribution in [3.63, 3.8) is 0 Å². The van der Waals surface area contributed by atoms with E-state index in [0.29, 0.717) is 41.0 Å². The number of fused-ring (bicyclic) bond motifs is 1. The molecule has 1 aliphatic rings. The number of ether oxygens (including phenoxy) is 1. The van der Waals surface area contributed by atoms with Crippen molar-refractivity contribution >= 4 is 29.0 Å². The zero-order chi connectivity index (χ0) is 20.5. The zero-order valence-corrected chi connectivity index (χ0v) is 17.2. The van der Waals surface area contributed by atoms with Gasteiger partial charge in [-0.3, -0.25) is 14.2 Å². The Morgan fingerprint density at radius 2 is 1.76 bits per heavy atom. The summed E-state index contributed by atoms with van der Waals surface area (Å²) in [4.78, 5) is 33.0. The van der Waals surface area contributed by atoms with Gasteiger partial charge in [-0.05, 0) is 61.7 Å². The molecule has 1 saturated heterocycles. The summed E-state index contributed by atoms with van der Waals surface area (Å²) < 4.78 is 6.89. The lowest BCUT2D eigenvalue weighted by atomic mass is 10.1. The van der Waals surface area contributed by atoms with E-state index in [1.54, 1.807) is 49.6 Å². The van der Waals surface area contributed by atoms with Gasteiger partial charge in [0.2, 0.25) is 0 Å². The Labute approximate surface area is 173 Å². The lowest BCUT2D eigenvalue weighted by molar-refractivity contribution is 0.0664. The van der Waals surface area contributed by atoms with Gasteiger partial charge in [-0.2, -0.15) is 0 Å². The van der Waals surface area contributed by atoms with Crippen LogP contribution < -0.4 is 10.3 Å². The first kappa shape index (κ1) is 19.4. The third-order valence-electron chi connectivity index (χ3n) is 5.27. The van der Waals surface area contributed by atoms with E-state index in [9.17, 15) is 9.59 Å². The highest BCUT2D eigenvalue weighted by Crippen LogP contribution is 2.17. The molecule has 1 aromatic heterocycles. The molecule has 0 bridgehead atoms. The fourth-order valence-corrected chi connectivity index (χ4v) is 3.81. The van der Waals surface area contributed by atoms with Gasteiger partial charge in [-0.25, -0.2) is 0 Å². The molecule has 4 rings (SSSR count). The van der Waals surface area contributed by atoms with Crippen molar-refractivity contribution < 1.29 is 9.53 Å². The Balaban J connectivity index is 1.72. The van der Waals surface area contributed by atoms with Gasteiger partial charge in [-0.15, -0.1) is 0 Å². The summed E-state index contributed by atoms with van der Waals surface area (Å²) in [6.07, 6.45) is 0. The number of nitrogens with zero attached hydrogens (tertiary/aromatic N) is 3. The number of nitrogens with one attached hydrogen (secondary N) is 1. The van der Waals surface area contributed by atoms with E-state index >= 15 is 0 Å². The number of amides is 1. The van der Waals surface area contributed by atoms with Crippen LogP contribution in [0.5, 0.6) is 5.75 Å². The first-order valence-electron chi connectivity index (χ1n) is 9.39. The summed E-state index contributed by atoms with van der Waals surface area (Å²) >= 11 is 5.43. The van der Waals surface area contributed by atoms with E-state index in [1.165, 1.54) is 4.57 Å². The molecule has 1 N–H and O–H groups in total. The van der Waals surface area contributed by atoms with Gasteiger partial charge in [-0.1, -0.05) is 0 Å². The molecule has 1 aliphatic heterocycles. The number of methoxy groups -OCH3 is 1. The molecule has 3 aromatic rings. The van der Waals surface area contributed by atoms with Gasteiger partial charge in [0.25, 0.3) is 11.5 Å². The number of benzene rings is 2. The normalized spacial score (nSPS) is 14.9. The molecule has 0 unspecified atom stereocenters. The lowest BCUT2D eigenvalue weighted by Gasteiger charge is -2.32. The molecule has 0 radical (unpaired) electrons. The highest BCUT2D eigenvalue weighted by Gasteiger charge is 2.21. The van der Waals surface area contributed by atoms with Crippen molar-refractivity contribution in [3.8, 4) is 11.4 Å². The standard InChI is InChI=1S/C21H22N4O3S/c1-23-9-11-24(12-10-23)19(26)14-3-8-17-18(13-14)22-21(29)25(20(17)27)15-4-6-16(28-2)7-5-15/h3-8,13H,9-12H2,1-2H3,(H,22,29). The minimum Gasteiger partial charge on any atom is -0.497 e. The number of likely N-dealkylation sites (N-methyl/N-ethyl adjacent to an activating group) is 1. The molecule has 150 valence electrons. The second-order valence-electron chi connectivity index (χ2n) is 7.12. The predicted octanol–water partition coefficient (Wildman–Crippen LogP) is 2.44. The number of carbonyl (C=O) groups is 1. The van der Waals surface area contributed by atoms with Gasteiger partial charge in [0, 0.05) is 31.7 Å². The van der Waals surface area contributed by atoms with Crippen LogP contribution in [0.4, 0.5) is 0 Å². The first-order chi connectivity index (χ1) is 14.0. The monoisotopic (exact) mass is 410 g/mol. The van der Waals surface area contributed by atoms with Crippen molar-refractivity contribution in [2.45, 2.75) is 0 Å². The number of hydrogen-bond acceptors (Lipinski definition) is 5. The molecule has 0 aliphatic carbocycles. The molecule has 7 nitrogen and oxygen atoms in total. The molecule has 2 heterocycles. The lowest BCUT2D eigenvalue weighted by Crippen LogP contribution is -2.47. The minimum atomic E-state index is -0.229. The van der Waals surface area contributed by atoms with Crippen LogP contribution in [0.15, 0.2) is 47.3 Å². The summed E-state index contributed by atoms with van der Waals surface area (Å²) in [5.41, 5.74) is 1.53. The number of H-pyrrole nitrogens is 1. The molecule has 1 amide bonds. The van der Waals surface area contributed by atoms with E-state index in [2.05, 4.69) is 9.88 Å². The largest absolute Gasteiger partial charge is 0.497 e. The van der Waals surface area contributed by atoms with Crippen molar-refractivity contribution in [3.05, 3.63) is 63.2 Å². The van der Waals surface area contributed by atoms with Crippen LogP contribution in [0, 0.1) is 4.77 Å². The van der Waals surface area contributed by atoms with Gasteiger partial charge in [0.1, 0.15) is 5.75 Å². The molecule has 29 heavy (non-hydrogen) atoms. The number of hydrogen-bond donors (Lipinski definition) is 1. The van der Waals surface area contributed by atoms with E-state index in [-0.39, 0.29) is 16.2 Å². The van der Waals surface area contributed by atoms with Crippen LogP contribution >= 0.6 is 12.2 Å². The van der Waals surface area contributed by atoms with E-state index in [1.807, 2.05) is 11.9 Å². The van der Waals surface area contributed by atoms with E-state index in [0.717, 1.165) is 13.1 Å². The van der Waals surface area contributed by atoms with Gasteiger partial charge >= 0.3 is 0 Å². The fourth-order valence-electron chi connectivity index (χ4n) is 3.51. The van der Waals surface area contributed by atoms with Crippen LogP contribution in [0.1, 0.15) is 10.4 Å². The third kappa shape index (κ3) is 3.68. The molecule has 0 spiro atoms. The maximum atomic E-state index is 13.1. The molecular formula is C21H22N4O3S. The zero-order valence-electron chi connectivity index (χ0n) is 16.3. The van der Waals surface area contributed by atoms with Crippen molar-refractivity contribution in [2.75, 3.05) is 40.3 Å². The number of carbonyl (C=O) groups excluding carboxylic acids is 1. The highest BCUT2D eigenvalue weighted by molar-refractivity contribution is 7.71. The Morgan fingerprint density at radius 3 is 2.41 bits per heavy atom. The molecule has 8 heteroatoms. The summed E-state index contributed by atoms with van der Waals surface area (Å²) in [5, 5.41) is 0.476. The molecule has 0 atom stereocenters. The average Bonchev–Trinajstić information content (AvgIpc) is 2.74. The molecular weight excluding hydrogens is 388 g/mol. The van der Waals surface area contributed by atoms with Gasteiger partial charge in [0.05, 0.1) is 23.7 Å². The number of aromatic amines is 1. The number of rotatable bonds is 3. The predicted molar refractivity (Wildman–Crippen MR) is 115 cm³/mol. The van der Waals surface area contributed by atoms with Crippen LogP contribution in [0.3, 0.4) is 0 Å². The topological polar surface area (TPSA) is 70.6 Å².